The van der Waals surface area contributed by atoms with Gasteiger partial charge in [-0.15, -0.1) is 0 Å². The zero-order chi connectivity index (χ0) is 14.7. The van der Waals surface area contributed by atoms with Gasteiger partial charge in [0.25, 0.3) is 0 Å². The number of nitrogens with zero attached hydrogens (tertiary/aromatic N) is 1. The number of hydrogen-bond donors (Lipinski definition) is 1. The Bertz CT molecular complexity index is 310. The van der Waals surface area contributed by atoms with Crippen molar-refractivity contribution in [2.24, 2.45) is 11.8 Å². The molecule has 20 heavy (non-hydrogen) atoms. The fourth-order valence-corrected chi connectivity index (χ4v) is 2.95. The Kier molecular flexibility index (Phi) is 5.93. The normalized spacial score (nSPS) is 41.6. The van der Waals surface area contributed by atoms with Gasteiger partial charge in [0, 0.05) is 31.5 Å². The molecular formula is C13H23B2NO4. The van der Waals surface area contributed by atoms with Gasteiger partial charge in [0.1, 0.15) is 15.7 Å². The van der Waals surface area contributed by atoms with E-state index >= 15 is 0 Å². The summed E-state index contributed by atoms with van der Waals surface area (Å²) in [5.74, 6) is 0.594. The molecule has 0 aromatic carbocycles. The molecule has 2 heterocycles. The molecule has 2 saturated heterocycles. The number of rotatable bonds is 6. The molecule has 7 heteroatoms. The van der Waals surface area contributed by atoms with Gasteiger partial charge < -0.3 is 14.6 Å². The number of ether oxygens (including phenoxy) is 2. The van der Waals surface area contributed by atoms with Gasteiger partial charge >= 0.3 is 0 Å². The van der Waals surface area contributed by atoms with Gasteiger partial charge in [-0.2, -0.15) is 5.06 Å². The van der Waals surface area contributed by atoms with Crippen LogP contribution in [0.1, 0.15) is 19.8 Å². The summed E-state index contributed by atoms with van der Waals surface area (Å²) < 4.78 is 11.0. The van der Waals surface area contributed by atoms with E-state index in [4.69, 9.17) is 30.0 Å². The molecule has 0 bridgehead atoms. The van der Waals surface area contributed by atoms with Crippen LogP contribution < -0.4 is 0 Å². The Balaban J connectivity index is 1.71. The second kappa shape index (κ2) is 7.27. The summed E-state index contributed by atoms with van der Waals surface area (Å²) in [6.45, 7) is 3.28. The molecule has 0 spiro atoms. The van der Waals surface area contributed by atoms with E-state index in [0.29, 0.717) is 19.1 Å². The van der Waals surface area contributed by atoms with Gasteiger partial charge in [-0.3, -0.25) is 4.84 Å². The quantitative estimate of drug-likeness (QED) is 0.532. The third kappa shape index (κ3) is 4.21. The zero-order valence-electron chi connectivity index (χ0n) is 12.3. The van der Waals surface area contributed by atoms with Gasteiger partial charge in [-0.05, 0) is 18.8 Å². The highest BCUT2D eigenvalue weighted by Gasteiger charge is 2.34. The molecule has 6 atom stereocenters. The van der Waals surface area contributed by atoms with Gasteiger partial charge in [-0.1, -0.05) is 6.92 Å². The molecule has 5 nitrogen and oxygen atoms in total. The van der Waals surface area contributed by atoms with Crippen molar-refractivity contribution in [1.82, 2.24) is 5.06 Å². The van der Waals surface area contributed by atoms with E-state index in [1.54, 1.807) is 5.06 Å². The van der Waals surface area contributed by atoms with Crippen LogP contribution in [0.5, 0.6) is 0 Å². The first-order valence-corrected chi connectivity index (χ1v) is 7.26. The van der Waals surface area contributed by atoms with Crippen LogP contribution in [0.4, 0.5) is 0 Å². The number of aliphatic hydroxyl groups excluding tert-OH is 1. The lowest BCUT2D eigenvalue weighted by atomic mass is 9.91. The summed E-state index contributed by atoms with van der Waals surface area (Å²) in [7, 11) is 13.4. The molecule has 4 radical (unpaired) electrons. The van der Waals surface area contributed by atoms with E-state index in [9.17, 15) is 5.11 Å². The first kappa shape index (κ1) is 16.3. The first-order chi connectivity index (χ1) is 9.49. The highest BCUT2D eigenvalue weighted by atomic mass is 16.7. The number of hydrogen-bond acceptors (Lipinski definition) is 5. The first-order valence-electron chi connectivity index (χ1n) is 7.26. The summed E-state index contributed by atoms with van der Waals surface area (Å²) in [6, 6.07) is -0.467. The highest BCUT2D eigenvalue weighted by Crippen LogP contribution is 2.27. The maximum absolute atomic E-state index is 9.26. The van der Waals surface area contributed by atoms with Crippen LogP contribution in [0.2, 0.25) is 0 Å². The third-order valence-electron chi connectivity index (χ3n) is 4.13. The van der Waals surface area contributed by atoms with Crippen molar-refractivity contribution in [3.63, 3.8) is 0 Å². The van der Waals surface area contributed by atoms with Crippen LogP contribution in [0, 0.1) is 11.8 Å². The molecular weight excluding hydrogens is 256 g/mol. The second-order valence-corrected chi connectivity index (χ2v) is 5.92. The van der Waals surface area contributed by atoms with Gasteiger partial charge in [0.2, 0.25) is 0 Å². The Labute approximate surface area is 123 Å². The maximum Gasteiger partial charge on any atom is 0.109 e. The minimum atomic E-state index is -0.290. The molecule has 1 N–H and O–H groups in total. The monoisotopic (exact) mass is 279 g/mol. The van der Waals surface area contributed by atoms with Crippen molar-refractivity contribution in [2.75, 3.05) is 26.8 Å². The Morgan fingerprint density at radius 1 is 1.20 bits per heavy atom. The Morgan fingerprint density at radius 3 is 2.45 bits per heavy atom. The van der Waals surface area contributed by atoms with E-state index in [0.717, 1.165) is 12.8 Å². The predicted molar refractivity (Wildman–Crippen MR) is 76.4 cm³/mol. The average molecular weight is 279 g/mol. The molecule has 0 aliphatic carbocycles. The molecule has 0 aromatic heterocycles. The standard InChI is InChI=1S/C13H23B2NO4/c1-8-3-12(14)20-11(8)7-18-16(2)5-9-4-13(15)19-10(9)6-17/h8-13,17H,3-7H2,1-2H3/t8-,9+,10-,11-,12-,13-/m1/s1. The van der Waals surface area contributed by atoms with Crippen molar-refractivity contribution < 1.29 is 19.4 Å². The van der Waals surface area contributed by atoms with Crippen molar-refractivity contribution >= 4 is 15.7 Å². The summed E-state index contributed by atoms with van der Waals surface area (Å²) in [4.78, 5) is 5.71. The van der Waals surface area contributed by atoms with E-state index in [1.165, 1.54) is 0 Å². The lowest BCUT2D eigenvalue weighted by Gasteiger charge is -2.25. The van der Waals surface area contributed by atoms with Crippen LogP contribution in [0.3, 0.4) is 0 Å². The second-order valence-electron chi connectivity index (χ2n) is 5.92. The largest absolute Gasteiger partial charge is 0.394 e. The van der Waals surface area contributed by atoms with E-state index in [1.807, 2.05) is 7.05 Å². The summed E-state index contributed by atoms with van der Waals surface area (Å²) in [6.07, 6.45) is 1.45. The Morgan fingerprint density at radius 2 is 1.85 bits per heavy atom. The fourth-order valence-electron chi connectivity index (χ4n) is 2.95. The van der Waals surface area contributed by atoms with Crippen LogP contribution in [0.25, 0.3) is 0 Å². The summed E-state index contributed by atoms with van der Waals surface area (Å²) in [5, 5.41) is 11.0. The van der Waals surface area contributed by atoms with Crippen molar-refractivity contribution in [3.05, 3.63) is 0 Å². The van der Waals surface area contributed by atoms with Crippen LogP contribution in [-0.4, -0.2) is 76.9 Å². The fraction of sp³-hybridized carbons (Fsp3) is 1.00. The average Bonchev–Trinajstić information content (AvgIpc) is 2.89. The van der Waals surface area contributed by atoms with Crippen molar-refractivity contribution in [2.45, 2.75) is 44.0 Å². The van der Waals surface area contributed by atoms with E-state index in [-0.39, 0.29) is 36.7 Å². The number of hydroxylamine groups is 2. The van der Waals surface area contributed by atoms with E-state index in [2.05, 4.69) is 6.92 Å². The molecule has 2 aliphatic rings. The molecule has 0 saturated carbocycles. The Hall–Kier alpha value is -0.0701. The maximum atomic E-state index is 9.26. The highest BCUT2D eigenvalue weighted by molar-refractivity contribution is 6.11. The van der Waals surface area contributed by atoms with Gasteiger partial charge in [0.15, 0.2) is 0 Å². The molecule has 2 fully saturated rings. The smallest absolute Gasteiger partial charge is 0.109 e. The van der Waals surface area contributed by atoms with Crippen molar-refractivity contribution in [3.8, 4) is 0 Å². The molecule has 0 aromatic rings. The molecule has 0 unspecified atom stereocenters. The van der Waals surface area contributed by atoms with Gasteiger partial charge in [0.05, 0.1) is 25.4 Å². The molecule has 2 aliphatic heterocycles. The third-order valence-corrected chi connectivity index (χ3v) is 4.13. The lowest BCUT2D eigenvalue weighted by molar-refractivity contribution is -0.177. The van der Waals surface area contributed by atoms with Crippen LogP contribution in [0.15, 0.2) is 0 Å². The molecule has 0 amide bonds. The minimum absolute atomic E-state index is 0.0101. The summed E-state index contributed by atoms with van der Waals surface area (Å²) in [5.41, 5.74) is 0. The van der Waals surface area contributed by atoms with Crippen molar-refractivity contribution in [1.29, 1.82) is 0 Å². The molecule has 110 valence electrons. The molecule has 2 rings (SSSR count). The minimum Gasteiger partial charge on any atom is -0.394 e. The topological polar surface area (TPSA) is 51.2 Å². The van der Waals surface area contributed by atoms with E-state index < -0.39 is 0 Å². The summed E-state index contributed by atoms with van der Waals surface area (Å²) >= 11 is 0. The zero-order valence-corrected chi connectivity index (χ0v) is 12.3. The van der Waals surface area contributed by atoms with Crippen LogP contribution in [-0.2, 0) is 14.3 Å². The number of aliphatic hydroxyl groups is 1. The predicted octanol–water partition coefficient (Wildman–Crippen LogP) is -0.339. The van der Waals surface area contributed by atoms with Crippen LogP contribution >= 0.6 is 0 Å². The SMILES string of the molecule is [B][C@H]1C[C@@H](CN(C)OC[C@H]2O[C@@H]([B])C[C@H]2C)[C@@H](CO)O1. The lowest BCUT2D eigenvalue weighted by Crippen LogP contribution is -2.34. The van der Waals surface area contributed by atoms with Gasteiger partial charge in [-0.25, -0.2) is 0 Å².